The Kier molecular flexibility index (Phi) is 5.63. The summed E-state index contributed by atoms with van der Waals surface area (Å²) in [6, 6.07) is 14.7. The van der Waals surface area contributed by atoms with Crippen molar-refractivity contribution in [3.05, 3.63) is 64.9 Å². The Balaban J connectivity index is 1.67. The molecule has 5 nitrogen and oxygen atoms in total. The SMILES string of the molecule is CC(Sc1ncn(-c2ccccc2)n1)C(=O)Nc1c(Cl)cccc1Cl. The van der Waals surface area contributed by atoms with E-state index in [4.69, 9.17) is 23.2 Å². The third-order valence-corrected chi connectivity index (χ3v) is 4.95. The highest BCUT2D eigenvalue weighted by Gasteiger charge is 2.19. The fourth-order valence-electron chi connectivity index (χ4n) is 2.06. The van der Waals surface area contributed by atoms with Crippen LogP contribution in [0.4, 0.5) is 5.69 Å². The van der Waals surface area contributed by atoms with Gasteiger partial charge in [-0.2, -0.15) is 0 Å². The molecule has 1 unspecified atom stereocenters. The Morgan fingerprint density at radius 3 is 2.48 bits per heavy atom. The maximum atomic E-state index is 12.4. The number of carbonyl (C=O) groups is 1. The average molecular weight is 393 g/mol. The van der Waals surface area contributed by atoms with Crippen LogP contribution in [0, 0.1) is 0 Å². The van der Waals surface area contributed by atoms with Gasteiger partial charge in [-0.3, -0.25) is 4.79 Å². The minimum Gasteiger partial charge on any atom is -0.323 e. The van der Waals surface area contributed by atoms with E-state index in [9.17, 15) is 4.79 Å². The molecule has 1 aromatic heterocycles. The van der Waals surface area contributed by atoms with E-state index in [1.165, 1.54) is 11.8 Å². The van der Waals surface area contributed by atoms with Gasteiger partial charge in [0.1, 0.15) is 6.33 Å². The summed E-state index contributed by atoms with van der Waals surface area (Å²) in [7, 11) is 0. The van der Waals surface area contributed by atoms with Crippen LogP contribution in [0.1, 0.15) is 6.92 Å². The average Bonchev–Trinajstić information content (AvgIpc) is 3.07. The molecule has 25 heavy (non-hydrogen) atoms. The van der Waals surface area contributed by atoms with Crippen LogP contribution in [0.2, 0.25) is 10.0 Å². The van der Waals surface area contributed by atoms with E-state index in [-0.39, 0.29) is 5.91 Å². The Morgan fingerprint density at radius 2 is 1.80 bits per heavy atom. The van der Waals surface area contributed by atoms with Crippen molar-refractivity contribution in [1.29, 1.82) is 0 Å². The van der Waals surface area contributed by atoms with Crippen LogP contribution in [0.3, 0.4) is 0 Å². The molecule has 1 heterocycles. The number of carbonyl (C=O) groups excluding carboxylic acids is 1. The number of amides is 1. The Hall–Kier alpha value is -2.02. The topological polar surface area (TPSA) is 59.8 Å². The summed E-state index contributed by atoms with van der Waals surface area (Å²) in [4.78, 5) is 16.6. The number of nitrogens with zero attached hydrogens (tertiary/aromatic N) is 3. The molecule has 0 aliphatic carbocycles. The van der Waals surface area contributed by atoms with Gasteiger partial charge in [0, 0.05) is 0 Å². The van der Waals surface area contributed by atoms with E-state index in [0.29, 0.717) is 20.9 Å². The Morgan fingerprint density at radius 1 is 1.12 bits per heavy atom. The molecular weight excluding hydrogens is 379 g/mol. The molecule has 0 aliphatic heterocycles. The maximum absolute atomic E-state index is 12.4. The first-order valence-corrected chi connectivity index (χ1v) is 9.07. The number of rotatable bonds is 5. The molecular formula is C17H14Cl2N4OS. The third-order valence-electron chi connectivity index (χ3n) is 3.35. The van der Waals surface area contributed by atoms with E-state index in [1.54, 1.807) is 36.1 Å². The van der Waals surface area contributed by atoms with Crippen LogP contribution in [-0.2, 0) is 4.79 Å². The van der Waals surface area contributed by atoms with Gasteiger partial charge in [-0.15, -0.1) is 5.10 Å². The van der Waals surface area contributed by atoms with Crippen LogP contribution in [0.15, 0.2) is 60.0 Å². The first-order chi connectivity index (χ1) is 12.0. The fourth-order valence-corrected chi connectivity index (χ4v) is 3.28. The molecule has 8 heteroatoms. The molecule has 128 valence electrons. The second-order valence-electron chi connectivity index (χ2n) is 5.15. The highest BCUT2D eigenvalue weighted by atomic mass is 35.5. The number of thioether (sulfide) groups is 1. The van der Waals surface area contributed by atoms with Crippen LogP contribution in [0.25, 0.3) is 5.69 Å². The van der Waals surface area contributed by atoms with Crippen LogP contribution < -0.4 is 5.32 Å². The zero-order chi connectivity index (χ0) is 17.8. The summed E-state index contributed by atoms with van der Waals surface area (Å²) in [6.45, 7) is 1.77. The summed E-state index contributed by atoms with van der Waals surface area (Å²) >= 11 is 13.4. The summed E-state index contributed by atoms with van der Waals surface area (Å²) in [6.07, 6.45) is 1.62. The number of hydrogen-bond acceptors (Lipinski definition) is 4. The Labute approximate surface area is 159 Å². The van der Waals surface area contributed by atoms with Gasteiger partial charge in [-0.05, 0) is 31.2 Å². The first kappa shape index (κ1) is 17.8. The molecule has 1 amide bonds. The van der Waals surface area contributed by atoms with Gasteiger partial charge < -0.3 is 5.32 Å². The number of aromatic nitrogens is 3. The molecule has 0 aliphatic rings. The van der Waals surface area contributed by atoms with Crippen molar-refractivity contribution in [1.82, 2.24) is 14.8 Å². The minimum atomic E-state index is -0.418. The summed E-state index contributed by atoms with van der Waals surface area (Å²) < 4.78 is 1.66. The normalized spacial score (nSPS) is 12.0. The van der Waals surface area contributed by atoms with E-state index in [1.807, 2.05) is 30.3 Å². The second-order valence-corrected chi connectivity index (χ2v) is 7.28. The lowest BCUT2D eigenvalue weighted by Crippen LogP contribution is -2.23. The summed E-state index contributed by atoms with van der Waals surface area (Å²) in [5.41, 5.74) is 1.31. The molecule has 0 fully saturated rings. The molecule has 0 saturated heterocycles. The molecule has 0 bridgehead atoms. The molecule has 0 radical (unpaired) electrons. The van der Waals surface area contributed by atoms with Gasteiger partial charge in [0.05, 0.1) is 26.7 Å². The van der Waals surface area contributed by atoms with Gasteiger partial charge in [-0.1, -0.05) is 59.2 Å². The molecule has 1 N–H and O–H groups in total. The van der Waals surface area contributed by atoms with Crippen molar-refractivity contribution in [2.45, 2.75) is 17.3 Å². The molecule has 2 aromatic carbocycles. The van der Waals surface area contributed by atoms with E-state index >= 15 is 0 Å². The highest BCUT2D eigenvalue weighted by molar-refractivity contribution is 8.00. The van der Waals surface area contributed by atoms with Crippen LogP contribution in [0.5, 0.6) is 0 Å². The smallest absolute Gasteiger partial charge is 0.237 e. The highest BCUT2D eigenvalue weighted by Crippen LogP contribution is 2.31. The van der Waals surface area contributed by atoms with Gasteiger partial charge in [0.2, 0.25) is 11.1 Å². The van der Waals surface area contributed by atoms with Crippen molar-refractivity contribution < 1.29 is 4.79 Å². The largest absolute Gasteiger partial charge is 0.323 e. The molecule has 3 rings (SSSR count). The van der Waals surface area contributed by atoms with Gasteiger partial charge in [-0.25, -0.2) is 9.67 Å². The number of halogens is 2. The van der Waals surface area contributed by atoms with Gasteiger partial charge in [0.15, 0.2) is 0 Å². The molecule has 3 aromatic rings. The zero-order valence-corrected chi connectivity index (χ0v) is 15.5. The van der Waals surface area contributed by atoms with Crippen LogP contribution in [-0.4, -0.2) is 25.9 Å². The van der Waals surface area contributed by atoms with Gasteiger partial charge in [0.25, 0.3) is 0 Å². The van der Waals surface area contributed by atoms with Crippen molar-refractivity contribution in [2.24, 2.45) is 0 Å². The van der Waals surface area contributed by atoms with Crippen molar-refractivity contribution >= 4 is 46.6 Å². The van der Waals surface area contributed by atoms with E-state index < -0.39 is 5.25 Å². The zero-order valence-electron chi connectivity index (χ0n) is 13.2. The second kappa shape index (κ2) is 7.91. The van der Waals surface area contributed by atoms with E-state index in [2.05, 4.69) is 15.4 Å². The van der Waals surface area contributed by atoms with Crippen LogP contribution >= 0.6 is 35.0 Å². The predicted molar refractivity (Wildman–Crippen MR) is 102 cm³/mol. The number of hydrogen-bond donors (Lipinski definition) is 1. The first-order valence-electron chi connectivity index (χ1n) is 7.43. The molecule has 0 saturated carbocycles. The molecule has 0 spiro atoms. The third kappa shape index (κ3) is 4.34. The maximum Gasteiger partial charge on any atom is 0.237 e. The summed E-state index contributed by atoms with van der Waals surface area (Å²) in [5, 5.41) is 8.01. The lowest BCUT2D eigenvalue weighted by atomic mass is 10.3. The minimum absolute atomic E-state index is 0.226. The quantitative estimate of drug-likeness (QED) is 0.639. The number of anilines is 1. The standard InChI is InChI=1S/C17H14Cl2N4OS/c1-11(16(24)21-15-13(18)8-5-9-14(15)19)25-17-20-10-23(22-17)12-6-3-2-4-7-12/h2-11H,1H3,(H,21,24). The number of para-hydroxylation sites is 2. The monoisotopic (exact) mass is 392 g/mol. The Bertz CT molecular complexity index is 865. The van der Waals surface area contributed by atoms with E-state index in [0.717, 1.165) is 5.69 Å². The van der Waals surface area contributed by atoms with Crippen molar-refractivity contribution in [2.75, 3.05) is 5.32 Å². The summed E-state index contributed by atoms with van der Waals surface area (Å²) in [5.74, 6) is -0.226. The van der Waals surface area contributed by atoms with Crippen molar-refractivity contribution in [3.63, 3.8) is 0 Å². The lowest BCUT2D eigenvalue weighted by molar-refractivity contribution is -0.115. The van der Waals surface area contributed by atoms with Crippen molar-refractivity contribution in [3.8, 4) is 5.69 Å². The predicted octanol–water partition coefficient (Wildman–Crippen LogP) is 4.69. The number of benzene rings is 2. The molecule has 1 atom stereocenters. The lowest BCUT2D eigenvalue weighted by Gasteiger charge is -2.12. The fraction of sp³-hybridized carbons (Fsp3) is 0.118. The number of nitrogens with one attached hydrogen (secondary N) is 1. The van der Waals surface area contributed by atoms with Gasteiger partial charge >= 0.3 is 0 Å².